The predicted octanol–water partition coefficient (Wildman–Crippen LogP) is 0.348. The molecule has 2 heterocycles. The van der Waals surface area contributed by atoms with Gasteiger partial charge >= 0.3 is 0 Å². The minimum atomic E-state index is -0.119. The molecule has 20 heavy (non-hydrogen) atoms. The Kier molecular flexibility index (Phi) is 3.85. The molecule has 1 aliphatic heterocycles. The van der Waals surface area contributed by atoms with Gasteiger partial charge in [0, 0.05) is 37.6 Å². The molecule has 0 bridgehead atoms. The molecule has 0 radical (unpaired) electrons. The van der Waals surface area contributed by atoms with E-state index in [0.29, 0.717) is 18.7 Å². The van der Waals surface area contributed by atoms with E-state index in [1.165, 1.54) is 0 Å². The molecule has 1 aromatic carbocycles. The molecule has 104 valence electrons. The van der Waals surface area contributed by atoms with Gasteiger partial charge in [-0.25, -0.2) is 0 Å². The van der Waals surface area contributed by atoms with E-state index in [4.69, 9.17) is 4.74 Å². The predicted molar refractivity (Wildman–Crippen MR) is 74.5 cm³/mol. The molecule has 6 nitrogen and oxygen atoms in total. The monoisotopic (exact) mass is 272 g/mol. The van der Waals surface area contributed by atoms with Crippen LogP contribution in [0.5, 0.6) is 0 Å². The molecule has 1 aliphatic rings. The fourth-order valence-electron chi connectivity index (χ4n) is 2.16. The van der Waals surface area contributed by atoms with E-state index in [2.05, 4.69) is 20.6 Å². The molecule has 1 saturated heterocycles. The molecule has 2 N–H and O–H groups in total. The van der Waals surface area contributed by atoms with Crippen LogP contribution in [-0.4, -0.2) is 48.2 Å². The summed E-state index contributed by atoms with van der Waals surface area (Å²) in [5.41, 5.74) is 2.08. The number of rotatable bonds is 3. The first-order valence-corrected chi connectivity index (χ1v) is 6.64. The molecular formula is C14H16N4O2. The zero-order valence-electron chi connectivity index (χ0n) is 11.0. The highest BCUT2D eigenvalue weighted by molar-refractivity contribution is 5.97. The van der Waals surface area contributed by atoms with Crippen LogP contribution in [-0.2, 0) is 4.74 Å². The zero-order valence-corrected chi connectivity index (χ0v) is 11.0. The molecule has 1 atom stereocenters. The summed E-state index contributed by atoms with van der Waals surface area (Å²) < 4.78 is 5.53. The minimum absolute atomic E-state index is 0.0351. The topological polar surface area (TPSA) is 76.1 Å². The van der Waals surface area contributed by atoms with E-state index < -0.39 is 0 Å². The van der Waals surface area contributed by atoms with Crippen molar-refractivity contribution in [3.8, 4) is 0 Å². The molecule has 0 spiro atoms. The Morgan fingerprint density at radius 1 is 1.35 bits per heavy atom. The summed E-state index contributed by atoms with van der Waals surface area (Å²) in [6.07, 6.45) is 3.29. The lowest BCUT2D eigenvalue weighted by atomic mass is 10.1. The summed E-state index contributed by atoms with van der Waals surface area (Å²) in [6.45, 7) is 2.83. The highest BCUT2D eigenvalue weighted by Gasteiger charge is 2.15. The fourth-order valence-corrected chi connectivity index (χ4v) is 2.16. The molecule has 3 rings (SSSR count). The van der Waals surface area contributed by atoms with Crippen LogP contribution in [0, 0.1) is 0 Å². The van der Waals surface area contributed by atoms with Gasteiger partial charge in [0.2, 0.25) is 0 Å². The standard InChI is InChI=1S/C14H16N4O2/c19-14(18-9-11-8-15-5-6-20-11)10-1-2-12-13(7-10)17-4-3-16-12/h1-4,7,11,15H,5-6,8-9H2,(H,18,19). The number of nitrogens with zero attached hydrogens (tertiary/aromatic N) is 2. The van der Waals surface area contributed by atoms with Gasteiger partial charge in [0.05, 0.1) is 23.7 Å². The van der Waals surface area contributed by atoms with E-state index in [9.17, 15) is 4.79 Å². The summed E-state index contributed by atoms with van der Waals surface area (Å²) in [7, 11) is 0. The number of carbonyl (C=O) groups is 1. The number of ether oxygens (including phenoxy) is 1. The van der Waals surface area contributed by atoms with Crippen molar-refractivity contribution >= 4 is 16.9 Å². The van der Waals surface area contributed by atoms with Crippen molar-refractivity contribution in [3.05, 3.63) is 36.2 Å². The maximum Gasteiger partial charge on any atom is 0.251 e. The second kappa shape index (κ2) is 5.94. The fraction of sp³-hybridized carbons (Fsp3) is 0.357. The Morgan fingerprint density at radius 3 is 3.00 bits per heavy atom. The molecule has 2 aromatic rings. The van der Waals surface area contributed by atoms with E-state index in [1.807, 2.05) is 0 Å². The van der Waals surface area contributed by atoms with Gasteiger partial charge < -0.3 is 15.4 Å². The Morgan fingerprint density at radius 2 is 2.20 bits per heavy atom. The summed E-state index contributed by atoms with van der Waals surface area (Å²) in [4.78, 5) is 20.5. The van der Waals surface area contributed by atoms with Gasteiger partial charge in [-0.3, -0.25) is 14.8 Å². The third-order valence-corrected chi connectivity index (χ3v) is 3.23. The Balaban J connectivity index is 1.65. The van der Waals surface area contributed by atoms with Crippen molar-refractivity contribution in [2.45, 2.75) is 6.10 Å². The molecule has 1 fully saturated rings. The van der Waals surface area contributed by atoms with Crippen LogP contribution in [0.15, 0.2) is 30.6 Å². The number of hydrogen-bond donors (Lipinski definition) is 2. The van der Waals surface area contributed by atoms with Gasteiger partial charge in [0.1, 0.15) is 0 Å². The largest absolute Gasteiger partial charge is 0.374 e. The van der Waals surface area contributed by atoms with Crippen molar-refractivity contribution in [1.82, 2.24) is 20.6 Å². The van der Waals surface area contributed by atoms with Gasteiger partial charge in [0.25, 0.3) is 5.91 Å². The number of benzene rings is 1. The van der Waals surface area contributed by atoms with E-state index >= 15 is 0 Å². The zero-order chi connectivity index (χ0) is 13.8. The first-order valence-electron chi connectivity index (χ1n) is 6.64. The van der Waals surface area contributed by atoms with Crippen LogP contribution in [0.1, 0.15) is 10.4 Å². The molecule has 0 saturated carbocycles. The highest BCUT2D eigenvalue weighted by atomic mass is 16.5. The molecule has 1 aromatic heterocycles. The number of morpholine rings is 1. The lowest BCUT2D eigenvalue weighted by Crippen LogP contribution is -2.45. The smallest absolute Gasteiger partial charge is 0.251 e. The second-order valence-electron chi connectivity index (χ2n) is 4.67. The van der Waals surface area contributed by atoms with Crippen LogP contribution in [0.25, 0.3) is 11.0 Å². The van der Waals surface area contributed by atoms with Crippen molar-refractivity contribution in [2.75, 3.05) is 26.2 Å². The number of amides is 1. The van der Waals surface area contributed by atoms with Gasteiger partial charge in [-0.15, -0.1) is 0 Å². The van der Waals surface area contributed by atoms with Crippen LogP contribution in [0.2, 0.25) is 0 Å². The third-order valence-electron chi connectivity index (χ3n) is 3.23. The molecule has 0 aliphatic carbocycles. The number of aromatic nitrogens is 2. The van der Waals surface area contributed by atoms with Crippen LogP contribution >= 0.6 is 0 Å². The van der Waals surface area contributed by atoms with E-state index in [1.54, 1.807) is 30.6 Å². The lowest BCUT2D eigenvalue weighted by Gasteiger charge is -2.23. The molecule has 1 unspecified atom stereocenters. The number of nitrogens with one attached hydrogen (secondary N) is 2. The summed E-state index contributed by atoms with van der Waals surface area (Å²) in [5, 5.41) is 6.11. The quantitative estimate of drug-likeness (QED) is 0.843. The van der Waals surface area contributed by atoms with E-state index in [0.717, 1.165) is 24.1 Å². The average molecular weight is 272 g/mol. The van der Waals surface area contributed by atoms with Gasteiger partial charge in [0.15, 0.2) is 0 Å². The minimum Gasteiger partial charge on any atom is -0.374 e. The third kappa shape index (κ3) is 2.92. The Labute approximate surface area is 116 Å². The maximum absolute atomic E-state index is 12.1. The number of carbonyl (C=O) groups excluding carboxylic acids is 1. The average Bonchev–Trinajstić information content (AvgIpc) is 2.53. The first kappa shape index (κ1) is 13.0. The van der Waals surface area contributed by atoms with Crippen molar-refractivity contribution in [3.63, 3.8) is 0 Å². The molecule has 6 heteroatoms. The van der Waals surface area contributed by atoms with Gasteiger partial charge in [-0.1, -0.05) is 0 Å². The van der Waals surface area contributed by atoms with E-state index in [-0.39, 0.29) is 12.0 Å². The van der Waals surface area contributed by atoms with Crippen LogP contribution in [0.4, 0.5) is 0 Å². The Hall–Kier alpha value is -2.05. The first-order chi connectivity index (χ1) is 9.83. The second-order valence-corrected chi connectivity index (χ2v) is 4.67. The van der Waals surface area contributed by atoms with Crippen LogP contribution < -0.4 is 10.6 Å². The highest BCUT2D eigenvalue weighted by Crippen LogP contribution is 2.10. The number of fused-ring (bicyclic) bond motifs is 1. The summed E-state index contributed by atoms with van der Waals surface area (Å²) in [5.74, 6) is -0.119. The van der Waals surface area contributed by atoms with Crippen molar-refractivity contribution in [1.29, 1.82) is 0 Å². The van der Waals surface area contributed by atoms with Crippen molar-refractivity contribution in [2.24, 2.45) is 0 Å². The normalized spacial score (nSPS) is 18.9. The van der Waals surface area contributed by atoms with Crippen LogP contribution in [0.3, 0.4) is 0 Å². The molecular weight excluding hydrogens is 256 g/mol. The lowest BCUT2D eigenvalue weighted by molar-refractivity contribution is 0.0287. The summed E-state index contributed by atoms with van der Waals surface area (Å²) >= 11 is 0. The van der Waals surface area contributed by atoms with Gasteiger partial charge in [-0.2, -0.15) is 0 Å². The summed E-state index contributed by atoms with van der Waals surface area (Å²) in [6, 6.07) is 5.31. The Bertz CT molecular complexity index is 611. The molecule has 1 amide bonds. The number of hydrogen-bond acceptors (Lipinski definition) is 5. The van der Waals surface area contributed by atoms with Crippen molar-refractivity contribution < 1.29 is 9.53 Å². The maximum atomic E-state index is 12.1. The van der Waals surface area contributed by atoms with Gasteiger partial charge in [-0.05, 0) is 18.2 Å². The SMILES string of the molecule is O=C(NCC1CNCCO1)c1ccc2nccnc2c1.